The van der Waals surface area contributed by atoms with Crippen molar-refractivity contribution in [3.8, 4) is 5.75 Å². The van der Waals surface area contributed by atoms with Crippen LogP contribution in [-0.4, -0.2) is 6.18 Å². The molecule has 3 aromatic rings. The summed E-state index contributed by atoms with van der Waals surface area (Å²) in [6.45, 7) is 2.93. The maximum Gasteiger partial charge on any atom is 0.448 e. The average Bonchev–Trinajstić information content (AvgIpc) is 2.64. The maximum atomic E-state index is 12.6. The van der Waals surface area contributed by atoms with E-state index < -0.39 is 11.9 Å². The third-order valence-corrected chi connectivity index (χ3v) is 4.04. The highest BCUT2D eigenvalue weighted by Gasteiger charge is 2.34. The Morgan fingerprint density at radius 2 is 1.12 bits per heavy atom. The van der Waals surface area contributed by atoms with Crippen molar-refractivity contribution < 1.29 is 17.9 Å². The van der Waals surface area contributed by atoms with Crippen LogP contribution in [0.25, 0.3) is 0 Å². The van der Waals surface area contributed by atoms with Gasteiger partial charge in [-0.1, -0.05) is 79.4 Å². The summed E-state index contributed by atoms with van der Waals surface area (Å²) in [5.41, 5.74) is 3.17. The zero-order valence-corrected chi connectivity index (χ0v) is 13.9. The third kappa shape index (κ3) is 4.14. The normalized spacial score (nSPS) is 11.4. The molecule has 4 heteroatoms. The predicted octanol–water partition coefficient (Wildman–Crippen LogP) is 6.32. The minimum atomic E-state index is -4.57. The first-order valence-electron chi connectivity index (χ1n) is 8.09. The van der Waals surface area contributed by atoms with Gasteiger partial charge in [-0.3, -0.25) is 0 Å². The van der Waals surface area contributed by atoms with E-state index in [4.69, 9.17) is 4.74 Å². The van der Waals surface area contributed by atoms with Crippen LogP contribution in [0.3, 0.4) is 0 Å². The Balaban J connectivity index is 1.92. The average molecular weight is 354 g/mol. The lowest BCUT2D eigenvalue weighted by Crippen LogP contribution is -2.15. The Morgan fingerprint density at radius 3 is 1.54 bits per heavy atom. The van der Waals surface area contributed by atoms with E-state index in [0.717, 1.165) is 16.7 Å². The van der Waals surface area contributed by atoms with Crippen LogP contribution in [0.2, 0.25) is 0 Å². The van der Waals surface area contributed by atoms with Gasteiger partial charge in [0.25, 0.3) is 0 Å². The minimum absolute atomic E-state index is 0.0164. The van der Waals surface area contributed by atoms with Gasteiger partial charge in [-0.25, -0.2) is 0 Å². The Morgan fingerprint density at radius 1 is 0.692 bits per heavy atom. The molecule has 0 amide bonds. The number of benzene rings is 3. The largest absolute Gasteiger partial charge is 0.453 e. The summed E-state index contributed by atoms with van der Waals surface area (Å²) in [6, 6.07) is 26.5. The Labute approximate surface area is 150 Å². The SMILES string of the molecule is C=C(Oc1ccc(C(c2ccccc2)c2ccccc2)cc1)C(F)(F)F. The fourth-order valence-electron chi connectivity index (χ4n) is 2.80. The molecule has 132 valence electrons. The summed E-state index contributed by atoms with van der Waals surface area (Å²) in [5, 5.41) is 0. The van der Waals surface area contributed by atoms with E-state index in [1.165, 1.54) is 12.1 Å². The van der Waals surface area contributed by atoms with Gasteiger partial charge in [0.1, 0.15) is 5.75 Å². The van der Waals surface area contributed by atoms with E-state index in [0.29, 0.717) is 0 Å². The van der Waals surface area contributed by atoms with E-state index >= 15 is 0 Å². The molecule has 3 aromatic carbocycles. The second-order valence-electron chi connectivity index (χ2n) is 5.85. The number of hydrogen-bond acceptors (Lipinski definition) is 1. The molecule has 0 aliphatic carbocycles. The smallest absolute Gasteiger partial charge is 0.448 e. The second-order valence-corrected chi connectivity index (χ2v) is 5.85. The zero-order chi connectivity index (χ0) is 18.6. The molecule has 0 radical (unpaired) electrons. The van der Waals surface area contributed by atoms with Gasteiger partial charge >= 0.3 is 6.18 Å². The highest BCUT2D eigenvalue weighted by atomic mass is 19.4. The van der Waals surface area contributed by atoms with Crippen molar-refractivity contribution >= 4 is 0 Å². The Hall–Kier alpha value is -3.01. The summed E-state index contributed by atoms with van der Waals surface area (Å²) >= 11 is 0. The molecule has 0 unspecified atom stereocenters. The number of hydrogen-bond donors (Lipinski definition) is 0. The first kappa shape index (κ1) is 17.8. The zero-order valence-electron chi connectivity index (χ0n) is 13.9. The number of alkyl halides is 3. The number of halogens is 3. The van der Waals surface area contributed by atoms with Crippen LogP contribution in [0, 0.1) is 0 Å². The molecule has 0 aromatic heterocycles. The topological polar surface area (TPSA) is 9.23 Å². The highest BCUT2D eigenvalue weighted by Crippen LogP contribution is 2.33. The second kappa shape index (κ2) is 7.48. The predicted molar refractivity (Wildman–Crippen MR) is 96.1 cm³/mol. The monoisotopic (exact) mass is 354 g/mol. The summed E-state index contributed by atoms with van der Waals surface area (Å²) in [7, 11) is 0. The molecule has 0 heterocycles. The van der Waals surface area contributed by atoms with Crippen LogP contribution in [0.15, 0.2) is 97.3 Å². The lowest BCUT2D eigenvalue weighted by Gasteiger charge is -2.19. The molecule has 0 aliphatic rings. The number of rotatable bonds is 5. The molecule has 26 heavy (non-hydrogen) atoms. The van der Waals surface area contributed by atoms with Crippen LogP contribution in [-0.2, 0) is 0 Å². The molecule has 0 atom stereocenters. The highest BCUT2D eigenvalue weighted by molar-refractivity contribution is 5.44. The molecule has 0 spiro atoms. The van der Waals surface area contributed by atoms with Crippen molar-refractivity contribution in [1.29, 1.82) is 0 Å². The third-order valence-electron chi connectivity index (χ3n) is 4.04. The molecule has 0 bridgehead atoms. The molecular formula is C22H17F3O. The molecule has 0 fully saturated rings. The van der Waals surface area contributed by atoms with Gasteiger partial charge in [0.05, 0.1) is 0 Å². The first-order valence-corrected chi connectivity index (χ1v) is 8.09. The molecule has 0 N–H and O–H groups in total. The van der Waals surface area contributed by atoms with Crippen LogP contribution in [0.4, 0.5) is 13.2 Å². The number of allylic oxidation sites excluding steroid dienone is 1. The Kier molecular flexibility index (Phi) is 5.12. The van der Waals surface area contributed by atoms with Crippen LogP contribution < -0.4 is 4.74 Å². The van der Waals surface area contributed by atoms with Crippen molar-refractivity contribution in [2.24, 2.45) is 0 Å². The van der Waals surface area contributed by atoms with E-state index in [9.17, 15) is 13.2 Å². The molecule has 0 saturated heterocycles. The lowest BCUT2D eigenvalue weighted by molar-refractivity contribution is -0.115. The van der Waals surface area contributed by atoms with E-state index in [1.54, 1.807) is 12.1 Å². The van der Waals surface area contributed by atoms with Gasteiger partial charge < -0.3 is 4.74 Å². The quantitative estimate of drug-likeness (QED) is 0.385. The van der Waals surface area contributed by atoms with E-state index in [2.05, 4.69) is 6.58 Å². The first-order chi connectivity index (χ1) is 12.4. The fraction of sp³-hybridized carbons (Fsp3) is 0.0909. The molecule has 0 saturated carbocycles. The summed E-state index contributed by atoms with van der Waals surface area (Å²) in [5.74, 6) is -1.14. The van der Waals surface area contributed by atoms with Crippen molar-refractivity contribution in [3.63, 3.8) is 0 Å². The van der Waals surface area contributed by atoms with Crippen LogP contribution in [0.1, 0.15) is 22.6 Å². The van der Waals surface area contributed by atoms with Crippen molar-refractivity contribution in [1.82, 2.24) is 0 Å². The standard InChI is InChI=1S/C22H17F3O/c1-16(22(23,24)25)26-20-14-12-19(13-15-20)21(17-8-4-2-5-9-17)18-10-6-3-7-11-18/h2-15,21H,1H2. The summed E-state index contributed by atoms with van der Waals surface area (Å²) in [4.78, 5) is 0. The summed E-state index contributed by atoms with van der Waals surface area (Å²) in [6.07, 6.45) is -4.57. The molecule has 1 nitrogen and oxygen atoms in total. The van der Waals surface area contributed by atoms with Gasteiger partial charge in [0.15, 0.2) is 0 Å². The van der Waals surface area contributed by atoms with Crippen molar-refractivity contribution in [2.75, 3.05) is 0 Å². The minimum Gasteiger partial charge on any atom is -0.453 e. The fourth-order valence-corrected chi connectivity index (χ4v) is 2.80. The molecule has 3 rings (SSSR count). The van der Waals surface area contributed by atoms with Gasteiger partial charge in [-0.2, -0.15) is 13.2 Å². The lowest BCUT2D eigenvalue weighted by atomic mass is 9.85. The van der Waals surface area contributed by atoms with E-state index in [1.807, 2.05) is 60.7 Å². The molecular weight excluding hydrogens is 337 g/mol. The summed E-state index contributed by atoms with van der Waals surface area (Å²) < 4.78 is 42.5. The Bertz CT molecular complexity index is 814. The maximum absolute atomic E-state index is 12.6. The van der Waals surface area contributed by atoms with Gasteiger partial charge in [0.2, 0.25) is 5.76 Å². The van der Waals surface area contributed by atoms with Gasteiger partial charge in [-0.15, -0.1) is 0 Å². The van der Waals surface area contributed by atoms with Crippen molar-refractivity contribution in [3.05, 3.63) is 114 Å². The number of ether oxygens (including phenoxy) is 1. The van der Waals surface area contributed by atoms with Crippen LogP contribution >= 0.6 is 0 Å². The van der Waals surface area contributed by atoms with Crippen LogP contribution in [0.5, 0.6) is 5.75 Å². The molecule has 0 aliphatic heterocycles. The van der Waals surface area contributed by atoms with Crippen molar-refractivity contribution in [2.45, 2.75) is 12.1 Å². The van der Waals surface area contributed by atoms with Gasteiger partial charge in [0, 0.05) is 5.92 Å². The van der Waals surface area contributed by atoms with Gasteiger partial charge in [-0.05, 0) is 28.8 Å². The van der Waals surface area contributed by atoms with E-state index in [-0.39, 0.29) is 11.7 Å².